The number of benzene rings is 3. The van der Waals surface area contributed by atoms with Crippen molar-refractivity contribution in [1.29, 1.82) is 0 Å². The maximum atomic E-state index is 11.5. The molecular formula is C45H67MgNaO6. The van der Waals surface area contributed by atoms with Crippen molar-refractivity contribution in [2.75, 3.05) is 7.11 Å². The van der Waals surface area contributed by atoms with Crippen molar-refractivity contribution in [1.82, 2.24) is 0 Å². The van der Waals surface area contributed by atoms with E-state index < -0.39 is 5.97 Å². The van der Waals surface area contributed by atoms with Crippen LogP contribution in [0.25, 0.3) is 11.1 Å². The molecule has 53 heavy (non-hydrogen) atoms. The molecule has 0 amide bonds. The van der Waals surface area contributed by atoms with E-state index in [0.717, 1.165) is 82.5 Å². The van der Waals surface area contributed by atoms with Crippen LogP contribution >= 0.6 is 0 Å². The number of allylic oxidation sites excluding steroid dienone is 4. The van der Waals surface area contributed by atoms with Crippen molar-refractivity contribution in [2.24, 2.45) is 5.92 Å². The first-order valence-electron chi connectivity index (χ1n) is 17.2. The molecule has 6 rings (SSSR count). The molecule has 3 aliphatic rings. The van der Waals surface area contributed by atoms with Crippen molar-refractivity contribution < 1.29 is 62.5 Å². The van der Waals surface area contributed by atoms with Crippen LogP contribution < -0.4 is 29.6 Å². The van der Waals surface area contributed by atoms with E-state index in [0.29, 0.717) is 0 Å². The maximum absolute atomic E-state index is 11.5. The molecule has 1 fully saturated rings. The summed E-state index contributed by atoms with van der Waals surface area (Å²) < 4.78 is 0. The number of ketones is 2. The molecule has 3 aromatic carbocycles. The number of carbonyl (C=O) groups is 3. The number of aliphatic hydroxyl groups excluding tert-OH is 1. The first kappa shape index (κ1) is 57.4. The van der Waals surface area contributed by atoms with E-state index in [2.05, 4.69) is 24.3 Å². The van der Waals surface area contributed by atoms with Crippen LogP contribution in [0.4, 0.5) is 0 Å². The zero-order valence-corrected chi connectivity index (χ0v) is 34.0. The Kier molecular flexibility index (Phi) is 34.6. The van der Waals surface area contributed by atoms with Crippen LogP contribution in [0.15, 0.2) is 102 Å². The van der Waals surface area contributed by atoms with Gasteiger partial charge in [0.15, 0.2) is 11.6 Å². The van der Waals surface area contributed by atoms with Crippen LogP contribution in [0.5, 0.6) is 0 Å². The minimum Gasteiger partial charge on any atom is -1.00 e. The Bertz CT molecular complexity index is 1420. The van der Waals surface area contributed by atoms with Gasteiger partial charge in [-0.3, -0.25) is 14.4 Å². The summed E-state index contributed by atoms with van der Waals surface area (Å²) in [5.41, 5.74) is 8.28. The second-order valence-corrected chi connectivity index (χ2v) is 12.4. The molecule has 3 aliphatic carbocycles. The van der Waals surface area contributed by atoms with E-state index in [-0.39, 0.29) is 107 Å². The average molecular weight is 751 g/mol. The standard InChI is InChI=1S/2C14H16O.C13H16O2.CH4O.3CH4.Mg.Na.H2O.2H/c2*1-11(15)13-9-5-6-10-14(13)12-7-3-2-4-8-12;14-13(15)12-9-5-4-8-11(12)10-6-2-1-3-7-10;1-2;;;;;;;;/h2*2-4,7-8H,5-6,9-10H2,1H3;1-3,6-7,11-12H,4-5,8-9H2,(H,14,15);2H,1H3;3*1H4;;;1H2;;/q;;;;;;;+2;+1;;2*-1/p-1. The van der Waals surface area contributed by atoms with Gasteiger partial charge in [0.05, 0.1) is 5.92 Å². The van der Waals surface area contributed by atoms with Gasteiger partial charge in [0.2, 0.25) is 0 Å². The summed E-state index contributed by atoms with van der Waals surface area (Å²) in [6.07, 6.45) is 12.8. The minimum absolute atomic E-state index is 0. The van der Waals surface area contributed by atoms with Crippen molar-refractivity contribution in [2.45, 2.75) is 119 Å². The van der Waals surface area contributed by atoms with Crippen LogP contribution in [0.2, 0.25) is 0 Å². The molecular weight excluding hydrogens is 684 g/mol. The van der Waals surface area contributed by atoms with Gasteiger partial charge in [-0.05, 0) is 123 Å². The predicted octanol–water partition coefficient (Wildman–Crippen LogP) is 8.44. The van der Waals surface area contributed by atoms with Gasteiger partial charge in [-0.25, -0.2) is 0 Å². The number of hydrogen-bond donors (Lipinski definition) is 2. The quantitative estimate of drug-likeness (QED) is 0.244. The predicted molar refractivity (Wildman–Crippen MR) is 222 cm³/mol. The van der Waals surface area contributed by atoms with Crippen LogP contribution in [0.3, 0.4) is 0 Å². The summed E-state index contributed by atoms with van der Waals surface area (Å²) in [7, 11) is 1.00. The smallest absolute Gasteiger partial charge is 1.00 e. The van der Waals surface area contributed by atoms with Crippen molar-refractivity contribution in [3.05, 3.63) is 119 Å². The van der Waals surface area contributed by atoms with Crippen LogP contribution in [0, 0.1) is 5.92 Å². The first-order chi connectivity index (χ1) is 22.9. The van der Waals surface area contributed by atoms with Crippen LogP contribution in [0.1, 0.15) is 139 Å². The third kappa shape index (κ3) is 18.2. The van der Waals surface area contributed by atoms with E-state index in [1.165, 1.54) is 40.7 Å². The van der Waals surface area contributed by atoms with Gasteiger partial charge in [0.25, 0.3) is 0 Å². The molecule has 3 N–H and O–H groups in total. The largest absolute Gasteiger partial charge is 2.00 e. The number of carboxylic acid groups (broad SMARTS) is 1. The monoisotopic (exact) mass is 750 g/mol. The fourth-order valence-corrected chi connectivity index (χ4v) is 7.03. The zero-order valence-electron chi connectivity index (χ0n) is 32.6. The van der Waals surface area contributed by atoms with E-state index in [1.54, 1.807) is 13.8 Å². The molecule has 1 saturated carbocycles. The SMILES string of the molecule is C.C.C.CC(=O)C1=C(c2ccccc2)CCCC1.CC(=O)C1=C(c2ccccc2)CCCC1.CO.O=C(O)C1CCCCC1c1ccccc1.[H-].[H-].[Mg+2].[Na+].[OH-]. The molecule has 2 atom stereocenters. The topological polar surface area (TPSA) is 122 Å². The number of Topliss-reactive ketones (excluding diaryl/α,β-unsaturated/α-hetero) is 2. The number of aliphatic carboxylic acids is 1. The summed E-state index contributed by atoms with van der Waals surface area (Å²) >= 11 is 0. The first-order valence-corrected chi connectivity index (χ1v) is 17.2. The van der Waals surface area contributed by atoms with Gasteiger partial charge < -0.3 is 18.5 Å². The van der Waals surface area contributed by atoms with E-state index in [9.17, 15) is 14.4 Å². The number of hydrogen-bond acceptors (Lipinski definition) is 5. The Balaban J connectivity index is -0.000000149. The Morgan fingerprint density at radius 3 is 1.26 bits per heavy atom. The van der Waals surface area contributed by atoms with Gasteiger partial charge in [-0.15, -0.1) is 0 Å². The summed E-state index contributed by atoms with van der Waals surface area (Å²) in [6, 6.07) is 30.6. The summed E-state index contributed by atoms with van der Waals surface area (Å²) in [5, 5.41) is 16.2. The molecule has 6 nitrogen and oxygen atoms in total. The molecule has 0 heterocycles. The Morgan fingerprint density at radius 1 is 0.566 bits per heavy atom. The van der Waals surface area contributed by atoms with Crippen LogP contribution in [-0.4, -0.2) is 63.4 Å². The van der Waals surface area contributed by atoms with E-state index in [1.807, 2.05) is 66.7 Å². The molecule has 0 spiro atoms. The average Bonchev–Trinajstić information content (AvgIpc) is 3.14. The van der Waals surface area contributed by atoms with Crippen molar-refractivity contribution in [3.63, 3.8) is 0 Å². The fourth-order valence-electron chi connectivity index (χ4n) is 7.03. The molecule has 0 aromatic heterocycles. The van der Waals surface area contributed by atoms with Gasteiger partial charge in [0, 0.05) is 7.11 Å². The Morgan fingerprint density at radius 2 is 0.906 bits per heavy atom. The van der Waals surface area contributed by atoms with Gasteiger partial charge >= 0.3 is 58.6 Å². The molecule has 3 aromatic rings. The Hall–Kier alpha value is -2.36. The minimum atomic E-state index is -0.636. The molecule has 286 valence electrons. The maximum Gasteiger partial charge on any atom is 2.00 e. The normalized spacial score (nSPS) is 16.9. The summed E-state index contributed by atoms with van der Waals surface area (Å²) in [5.74, 6) is -0.107. The third-order valence-electron chi connectivity index (χ3n) is 9.34. The number of rotatable bonds is 6. The molecule has 2 unspecified atom stereocenters. The zero-order chi connectivity index (χ0) is 34.0. The van der Waals surface area contributed by atoms with Crippen molar-refractivity contribution in [3.8, 4) is 0 Å². The van der Waals surface area contributed by atoms with E-state index in [4.69, 9.17) is 10.2 Å². The third-order valence-corrected chi connectivity index (χ3v) is 9.34. The molecule has 8 heteroatoms. The second kappa shape index (κ2) is 31.9. The van der Waals surface area contributed by atoms with Crippen molar-refractivity contribution >= 4 is 51.7 Å². The van der Waals surface area contributed by atoms with E-state index >= 15 is 0 Å². The number of aliphatic hydroxyl groups is 1. The Labute approximate surface area is 362 Å². The van der Waals surface area contributed by atoms with Gasteiger partial charge in [-0.2, -0.15) is 0 Å². The molecule has 0 bridgehead atoms. The second-order valence-electron chi connectivity index (χ2n) is 12.4. The molecule has 0 saturated heterocycles. The van der Waals surface area contributed by atoms with Crippen LogP contribution in [-0.2, 0) is 14.4 Å². The summed E-state index contributed by atoms with van der Waals surface area (Å²) in [6.45, 7) is 3.37. The molecule has 0 aliphatic heterocycles. The molecule has 0 radical (unpaired) electrons. The summed E-state index contributed by atoms with van der Waals surface area (Å²) in [4.78, 5) is 34.2. The number of carbonyl (C=O) groups excluding carboxylic acids is 2. The number of carboxylic acids is 1. The van der Waals surface area contributed by atoms with Gasteiger partial charge in [0.1, 0.15) is 0 Å². The van der Waals surface area contributed by atoms with Gasteiger partial charge in [-0.1, -0.05) is 126 Å². The fraction of sp³-hybridized carbons (Fsp3) is 0.444.